The van der Waals surface area contributed by atoms with Crippen LogP contribution < -0.4 is 15.5 Å². The van der Waals surface area contributed by atoms with Gasteiger partial charge in [0.25, 0.3) is 0 Å². The number of rotatable bonds is 9. The molecule has 4 rings (SSSR count). The summed E-state index contributed by atoms with van der Waals surface area (Å²) in [5.74, 6) is 1.04. The summed E-state index contributed by atoms with van der Waals surface area (Å²) in [4.78, 5) is 33.9. The molecule has 8 heteroatoms. The summed E-state index contributed by atoms with van der Waals surface area (Å²) in [5.41, 5.74) is 1.20. The Morgan fingerprint density at radius 2 is 1.75 bits per heavy atom. The molecule has 0 aromatic heterocycles. The Morgan fingerprint density at radius 3 is 2.38 bits per heavy atom. The number of halogens is 1. The van der Waals surface area contributed by atoms with Crippen LogP contribution in [0.5, 0.6) is 0 Å². The van der Waals surface area contributed by atoms with Gasteiger partial charge < -0.3 is 15.5 Å². The van der Waals surface area contributed by atoms with E-state index in [0.717, 1.165) is 31.9 Å². The maximum absolute atomic E-state index is 12.8. The standard InChI is InChI=1S/C24H33N5O2.HI/c1-3-25-24(26-12-7-14-28(2)19-8-5-4-6-9-19)27-13-15-29-22(30)20-17-10-11-18(16-17)21(20)23(29)31;/h4-6,8-11,17-18,20-21H,3,7,12-16H2,1-2H3,(H2,25,26,27);1H. The van der Waals surface area contributed by atoms with Crippen LogP contribution in [-0.4, -0.2) is 62.4 Å². The quantitative estimate of drug-likeness (QED) is 0.123. The second kappa shape index (κ2) is 11.2. The normalized spacial score (nSPS) is 25.7. The van der Waals surface area contributed by atoms with Crippen LogP contribution in [0.3, 0.4) is 0 Å². The SMILES string of the molecule is CCNC(=NCCCN(C)c1ccccc1)NCCN1C(=O)C2C3C=CC(C3)C2C1=O.I. The lowest BCUT2D eigenvalue weighted by Gasteiger charge is -2.19. The molecule has 7 nitrogen and oxygen atoms in total. The molecule has 2 aliphatic carbocycles. The molecule has 4 atom stereocenters. The lowest BCUT2D eigenvalue weighted by Crippen LogP contribution is -2.43. The van der Waals surface area contributed by atoms with E-state index in [0.29, 0.717) is 19.6 Å². The van der Waals surface area contributed by atoms with E-state index in [4.69, 9.17) is 0 Å². The number of likely N-dealkylation sites (tertiary alicyclic amines) is 1. The van der Waals surface area contributed by atoms with Gasteiger partial charge in [0.05, 0.1) is 11.8 Å². The van der Waals surface area contributed by atoms with Gasteiger partial charge in [-0.2, -0.15) is 0 Å². The van der Waals surface area contributed by atoms with E-state index in [-0.39, 0.29) is 59.5 Å². The number of carbonyl (C=O) groups excluding carboxylic acids is 2. The van der Waals surface area contributed by atoms with Gasteiger partial charge in [0.15, 0.2) is 5.96 Å². The number of carbonyl (C=O) groups is 2. The van der Waals surface area contributed by atoms with Gasteiger partial charge in [0.1, 0.15) is 0 Å². The van der Waals surface area contributed by atoms with Crippen molar-refractivity contribution in [2.75, 3.05) is 44.7 Å². The number of fused-ring (bicyclic) bond motifs is 5. The van der Waals surface area contributed by atoms with E-state index in [9.17, 15) is 9.59 Å². The zero-order valence-corrected chi connectivity index (χ0v) is 21.2. The van der Waals surface area contributed by atoms with Gasteiger partial charge in [-0.15, -0.1) is 24.0 Å². The van der Waals surface area contributed by atoms with Crippen molar-refractivity contribution in [3.05, 3.63) is 42.5 Å². The fraction of sp³-hybridized carbons (Fsp3) is 0.542. The molecule has 0 radical (unpaired) electrons. The Bertz CT molecular complexity index is 829. The van der Waals surface area contributed by atoms with E-state index in [1.807, 2.05) is 25.1 Å². The number of amides is 2. The third-order valence-corrected chi connectivity index (χ3v) is 6.65. The first-order valence-electron chi connectivity index (χ1n) is 11.4. The molecule has 3 aliphatic rings. The van der Waals surface area contributed by atoms with E-state index >= 15 is 0 Å². The Morgan fingerprint density at radius 1 is 1.09 bits per heavy atom. The summed E-state index contributed by atoms with van der Waals surface area (Å²) in [6, 6.07) is 10.3. The molecular formula is C24H34IN5O2. The number of hydrogen-bond donors (Lipinski definition) is 2. The van der Waals surface area contributed by atoms with Crippen LogP contribution in [0.1, 0.15) is 19.8 Å². The number of nitrogens with one attached hydrogen (secondary N) is 2. The van der Waals surface area contributed by atoms with Crippen molar-refractivity contribution in [3.63, 3.8) is 0 Å². The molecule has 1 saturated heterocycles. The van der Waals surface area contributed by atoms with Crippen molar-refractivity contribution in [1.82, 2.24) is 15.5 Å². The van der Waals surface area contributed by atoms with Crippen molar-refractivity contribution in [2.24, 2.45) is 28.7 Å². The summed E-state index contributed by atoms with van der Waals surface area (Å²) in [7, 11) is 2.09. The van der Waals surface area contributed by atoms with Crippen LogP contribution in [0.2, 0.25) is 0 Å². The summed E-state index contributed by atoms with van der Waals surface area (Å²) in [6.07, 6.45) is 6.16. The predicted octanol–water partition coefficient (Wildman–Crippen LogP) is 2.49. The average Bonchev–Trinajstić information content (AvgIpc) is 3.46. The number of anilines is 1. The molecule has 4 unspecified atom stereocenters. The van der Waals surface area contributed by atoms with Crippen molar-refractivity contribution in [1.29, 1.82) is 0 Å². The largest absolute Gasteiger partial charge is 0.375 e. The Balaban J connectivity index is 0.00000289. The van der Waals surface area contributed by atoms with E-state index in [1.54, 1.807) is 0 Å². The lowest BCUT2D eigenvalue weighted by molar-refractivity contribution is -0.140. The smallest absolute Gasteiger partial charge is 0.233 e. The zero-order chi connectivity index (χ0) is 21.8. The van der Waals surface area contributed by atoms with Gasteiger partial charge in [0.2, 0.25) is 11.8 Å². The van der Waals surface area contributed by atoms with Gasteiger partial charge in [-0.25, -0.2) is 0 Å². The van der Waals surface area contributed by atoms with Gasteiger partial charge in [-0.05, 0) is 43.7 Å². The van der Waals surface area contributed by atoms with E-state index in [2.05, 4.69) is 51.9 Å². The summed E-state index contributed by atoms with van der Waals surface area (Å²) < 4.78 is 0. The number of aliphatic imine (C=N–C) groups is 1. The Kier molecular flexibility index (Phi) is 8.56. The molecule has 1 aromatic rings. The molecular weight excluding hydrogens is 517 g/mol. The Hall–Kier alpha value is -2.10. The number of nitrogens with zero attached hydrogens (tertiary/aromatic N) is 3. The summed E-state index contributed by atoms with van der Waals surface area (Å²) in [5, 5.41) is 6.52. The minimum absolute atomic E-state index is 0. The van der Waals surface area contributed by atoms with Crippen LogP contribution in [0, 0.1) is 23.7 Å². The predicted molar refractivity (Wildman–Crippen MR) is 138 cm³/mol. The van der Waals surface area contributed by atoms with Crippen LogP contribution >= 0.6 is 24.0 Å². The topological polar surface area (TPSA) is 77.0 Å². The van der Waals surface area contributed by atoms with Crippen molar-refractivity contribution >= 4 is 47.4 Å². The number of para-hydroxylation sites is 1. The first-order valence-corrected chi connectivity index (χ1v) is 11.4. The number of benzene rings is 1. The van der Waals surface area contributed by atoms with Crippen LogP contribution in [0.4, 0.5) is 5.69 Å². The third-order valence-electron chi connectivity index (χ3n) is 6.65. The molecule has 2 fully saturated rings. The van der Waals surface area contributed by atoms with Gasteiger partial charge >= 0.3 is 0 Å². The number of guanidine groups is 1. The van der Waals surface area contributed by atoms with Crippen molar-refractivity contribution in [3.8, 4) is 0 Å². The van der Waals surface area contributed by atoms with Crippen molar-refractivity contribution in [2.45, 2.75) is 19.8 Å². The fourth-order valence-electron chi connectivity index (χ4n) is 5.12. The number of hydrogen-bond acceptors (Lipinski definition) is 4. The van der Waals surface area contributed by atoms with Crippen molar-refractivity contribution < 1.29 is 9.59 Å². The van der Waals surface area contributed by atoms with E-state index < -0.39 is 0 Å². The summed E-state index contributed by atoms with van der Waals surface area (Å²) in [6.45, 7) is 5.31. The lowest BCUT2D eigenvalue weighted by atomic mass is 9.85. The minimum atomic E-state index is -0.119. The highest BCUT2D eigenvalue weighted by Gasteiger charge is 2.58. The minimum Gasteiger partial charge on any atom is -0.375 e. The average molecular weight is 551 g/mol. The zero-order valence-electron chi connectivity index (χ0n) is 18.9. The highest BCUT2D eigenvalue weighted by atomic mass is 127. The molecule has 1 heterocycles. The van der Waals surface area contributed by atoms with Gasteiger partial charge in [0, 0.05) is 45.5 Å². The molecule has 1 aromatic carbocycles. The highest BCUT2D eigenvalue weighted by molar-refractivity contribution is 14.0. The van der Waals surface area contributed by atoms with E-state index in [1.165, 1.54) is 10.6 Å². The summed E-state index contributed by atoms with van der Waals surface area (Å²) >= 11 is 0. The molecule has 32 heavy (non-hydrogen) atoms. The molecule has 2 N–H and O–H groups in total. The van der Waals surface area contributed by atoms with Gasteiger partial charge in [-0.3, -0.25) is 19.5 Å². The molecule has 1 saturated carbocycles. The second-order valence-corrected chi connectivity index (χ2v) is 8.63. The first kappa shape index (κ1) is 24.5. The van der Waals surface area contributed by atoms with Gasteiger partial charge in [-0.1, -0.05) is 30.4 Å². The molecule has 2 bridgehead atoms. The molecule has 174 valence electrons. The fourth-order valence-corrected chi connectivity index (χ4v) is 5.12. The highest BCUT2D eigenvalue weighted by Crippen LogP contribution is 2.52. The maximum atomic E-state index is 12.8. The van der Waals surface area contributed by atoms with Crippen LogP contribution in [0.25, 0.3) is 0 Å². The maximum Gasteiger partial charge on any atom is 0.233 e. The number of allylic oxidation sites excluding steroid dienone is 2. The first-order chi connectivity index (χ1) is 15.1. The van der Waals surface area contributed by atoms with Crippen LogP contribution in [0.15, 0.2) is 47.5 Å². The monoisotopic (exact) mass is 551 g/mol. The Labute approximate surface area is 207 Å². The number of imide groups is 1. The molecule has 0 spiro atoms. The second-order valence-electron chi connectivity index (χ2n) is 8.63. The third kappa shape index (κ3) is 5.10. The molecule has 2 amide bonds. The molecule has 1 aliphatic heterocycles. The van der Waals surface area contributed by atoms with Crippen LogP contribution in [-0.2, 0) is 9.59 Å².